The number of nitrogens with one attached hydrogen (secondary N) is 1. The number of carboxylic acid groups (broad SMARTS) is 1. The molecular formula is C11H10N6O2. The fraction of sp³-hybridized carbons (Fsp3) is 0.182. The van der Waals surface area contributed by atoms with E-state index in [1.807, 2.05) is 6.07 Å². The Morgan fingerprint density at radius 1 is 1.53 bits per heavy atom. The summed E-state index contributed by atoms with van der Waals surface area (Å²) < 4.78 is 1.42. The van der Waals surface area contributed by atoms with Crippen LogP contribution in [0.3, 0.4) is 0 Å². The maximum absolute atomic E-state index is 10.6. The molecule has 1 unspecified atom stereocenters. The first-order chi connectivity index (χ1) is 9.11. The van der Waals surface area contributed by atoms with Crippen molar-refractivity contribution in [1.82, 2.24) is 25.1 Å². The van der Waals surface area contributed by atoms with Gasteiger partial charge in [0.05, 0.1) is 11.6 Å². The zero-order valence-corrected chi connectivity index (χ0v) is 9.98. The lowest BCUT2D eigenvalue weighted by Gasteiger charge is -2.11. The molecule has 1 amide bonds. The van der Waals surface area contributed by atoms with Crippen molar-refractivity contribution in [1.29, 1.82) is 5.26 Å². The number of hydrogen-bond donors (Lipinski definition) is 2. The topological polar surface area (TPSA) is 117 Å². The maximum Gasteiger partial charge on any atom is 0.405 e. The Morgan fingerprint density at radius 3 is 2.89 bits per heavy atom. The van der Waals surface area contributed by atoms with E-state index in [2.05, 4.69) is 20.4 Å². The van der Waals surface area contributed by atoms with Crippen LogP contribution in [0.5, 0.6) is 0 Å². The molecule has 96 valence electrons. The van der Waals surface area contributed by atoms with E-state index in [0.29, 0.717) is 17.2 Å². The summed E-state index contributed by atoms with van der Waals surface area (Å²) in [6.45, 7) is 1.65. The molecule has 0 spiro atoms. The van der Waals surface area contributed by atoms with E-state index in [-0.39, 0.29) is 0 Å². The van der Waals surface area contributed by atoms with Crippen molar-refractivity contribution in [3.63, 3.8) is 0 Å². The minimum absolute atomic E-state index is 0.416. The van der Waals surface area contributed by atoms with E-state index in [4.69, 9.17) is 10.4 Å². The fourth-order valence-corrected chi connectivity index (χ4v) is 1.55. The summed E-state index contributed by atoms with van der Waals surface area (Å²) in [6.07, 6.45) is 1.58. The molecule has 8 nitrogen and oxygen atoms in total. The van der Waals surface area contributed by atoms with Crippen LogP contribution in [0.25, 0.3) is 5.82 Å². The van der Waals surface area contributed by atoms with Crippen LogP contribution in [0, 0.1) is 11.3 Å². The first-order valence-electron chi connectivity index (χ1n) is 5.37. The van der Waals surface area contributed by atoms with Crippen LogP contribution in [-0.4, -0.2) is 30.9 Å². The van der Waals surface area contributed by atoms with Gasteiger partial charge in [-0.25, -0.2) is 14.8 Å². The number of nitrogens with zero attached hydrogens (tertiary/aromatic N) is 5. The van der Waals surface area contributed by atoms with Crippen molar-refractivity contribution in [2.24, 2.45) is 0 Å². The molecule has 0 radical (unpaired) electrons. The zero-order chi connectivity index (χ0) is 13.8. The SMILES string of the molecule is CC(NC(=O)O)c1ncnn1-c1ccc(C#N)cn1. The molecule has 0 saturated heterocycles. The second-order valence-electron chi connectivity index (χ2n) is 3.72. The molecule has 0 fully saturated rings. The van der Waals surface area contributed by atoms with Gasteiger partial charge in [-0.15, -0.1) is 0 Å². The molecule has 2 rings (SSSR count). The molecule has 0 aromatic carbocycles. The average Bonchev–Trinajstić information content (AvgIpc) is 2.87. The summed E-state index contributed by atoms with van der Waals surface area (Å²) in [6, 6.07) is 4.65. The van der Waals surface area contributed by atoms with E-state index in [0.717, 1.165) is 0 Å². The van der Waals surface area contributed by atoms with Crippen molar-refractivity contribution >= 4 is 6.09 Å². The third kappa shape index (κ3) is 2.66. The second kappa shape index (κ2) is 5.14. The van der Waals surface area contributed by atoms with Crippen LogP contribution >= 0.6 is 0 Å². The Hall–Kier alpha value is -2.95. The predicted molar refractivity (Wildman–Crippen MR) is 63.4 cm³/mol. The Morgan fingerprint density at radius 2 is 2.32 bits per heavy atom. The molecular weight excluding hydrogens is 248 g/mol. The van der Waals surface area contributed by atoms with Crippen molar-refractivity contribution < 1.29 is 9.90 Å². The number of pyridine rings is 1. The molecule has 0 aliphatic rings. The van der Waals surface area contributed by atoms with Gasteiger partial charge in [0, 0.05) is 6.20 Å². The fourth-order valence-electron chi connectivity index (χ4n) is 1.55. The van der Waals surface area contributed by atoms with Crippen LogP contribution in [0.15, 0.2) is 24.7 Å². The molecule has 0 bridgehead atoms. The van der Waals surface area contributed by atoms with E-state index in [1.54, 1.807) is 19.1 Å². The highest BCUT2D eigenvalue weighted by Crippen LogP contribution is 2.13. The largest absolute Gasteiger partial charge is 0.465 e. The van der Waals surface area contributed by atoms with Crippen LogP contribution in [0.1, 0.15) is 24.4 Å². The Bertz CT molecular complexity index is 627. The van der Waals surface area contributed by atoms with Crippen LogP contribution in [-0.2, 0) is 0 Å². The van der Waals surface area contributed by atoms with Gasteiger partial charge in [-0.3, -0.25) is 0 Å². The molecule has 0 aliphatic carbocycles. The highest BCUT2D eigenvalue weighted by Gasteiger charge is 2.16. The van der Waals surface area contributed by atoms with Crippen LogP contribution in [0.2, 0.25) is 0 Å². The molecule has 8 heteroatoms. The zero-order valence-electron chi connectivity index (χ0n) is 9.98. The smallest absolute Gasteiger partial charge is 0.405 e. The van der Waals surface area contributed by atoms with E-state index in [9.17, 15) is 4.79 Å². The number of carbonyl (C=O) groups is 1. The third-order valence-electron chi connectivity index (χ3n) is 2.40. The molecule has 0 aliphatic heterocycles. The summed E-state index contributed by atoms with van der Waals surface area (Å²) in [4.78, 5) is 18.7. The van der Waals surface area contributed by atoms with Crippen LogP contribution < -0.4 is 5.32 Å². The van der Waals surface area contributed by atoms with E-state index in [1.165, 1.54) is 17.2 Å². The van der Waals surface area contributed by atoms with Gasteiger partial charge >= 0.3 is 6.09 Å². The second-order valence-corrected chi connectivity index (χ2v) is 3.72. The maximum atomic E-state index is 10.6. The first-order valence-corrected chi connectivity index (χ1v) is 5.37. The van der Waals surface area contributed by atoms with Crippen molar-refractivity contribution in [3.8, 4) is 11.9 Å². The van der Waals surface area contributed by atoms with Crippen LogP contribution in [0.4, 0.5) is 4.79 Å². The monoisotopic (exact) mass is 258 g/mol. The summed E-state index contributed by atoms with van der Waals surface area (Å²) in [7, 11) is 0. The van der Waals surface area contributed by atoms with Crippen molar-refractivity contribution in [2.45, 2.75) is 13.0 Å². The van der Waals surface area contributed by atoms with Gasteiger partial charge in [0.25, 0.3) is 0 Å². The first kappa shape index (κ1) is 12.5. The summed E-state index contributed by atoms with van der Waals surface area (Å²) >= 11 is 0. The summed E-state index contributed by atoms with van der Waals surface area (Å²) in [5, 5.41) is 23.7. The number of nitriles is 1. The quantitative estimate of drug-likeness (QED) is 0.843. The lowest BCUT2D eigenvalue weighted by molar-refractivity contribution is 0.190. The lowest BCUT2D eigenvalue weighted by atomic mass is 10.3. The van der Waals surface area contributed by atoms with Gasteiger partial charge in [-0.1, -0.05) is 0 Å². The Balaban J connectivity index is 2.33. The molecule has 2 N–H and O–H groups in total. The molecule has 1 atom stereocenters. The number of hydrogen-bond acceptors (Lipinski definition) is 5. The van der Waals surface area contributed by atoms with E-state index < -0.39 is 12.1 Å². The Kier molecular flexibility index (Phi) is 3.38. The molecule has 19 heavy (non-hydrogen) atoms. The minimum atomic E-state index is -1.14. The number of rotatable bonds is 3. The van der Waals surface area contributed by atoms with Gasteiger partial charge in [-0.2, -0.15) is 15.0 Å². The third-order valence-corrected chi connectivity index (χ3v) is 2.40. The summed E-state index contributed by atoms with van der Waals surface area (Å²) in [5.41, 5.74) is 0.433. The summed E-state index contributed by atoms with van der Waals surface area (Å²) in [5.74, 6) is 0.880. The minimum Gasteiger partial charge on any atom is -0.465 e. The van der Waals surface area contributed by atoms with Gasteiger partial charge in [-0.05, 0) is 19.1 Å². The number of amides is 1. The average molecular weight is 258 g/mol. The predicted octanol–water partition coefficient (Wildman–Crippen LogP) is 0.863. The molecule has 2 heterocycles. The molecule has 0 saturated carbocycles. The highest BCUT2D eigenvalue weighted by molar-refractivity contribution is 5.64. The molecule has 2 aromatic heterocycles. The molecule has 2 aromatic rings. The van der Waals surface area contributed by atoms with Gasteiger partial charge < -0.3 is 10.4 Å². The number of aromatic nitrogens is 4. The van der Waals surface area contributed by atoms with Crippen molar-refractivity contribution in [2.75, 3.05) is 0 Å². The van der Waals surface area contributed by atoms with Crippen molar-refractivity contribution in [3.05, 3.63) is 36.0 Å². The normalized spacial score (nSPS) is 11.6. The Labute approximate surface area is 108 Å². The van der Waals surface area contributed by atoms with E-state index >= 15 is 0 Å². The standard InChI is InChI=1S/C11H10N6O2/c1-7(16-11(18)19)10-14-6-15-17(10)9-3-2-8(4-12)5-13-9/h2-3,5-7,16H,1H3,(H,18,19). The van der Waals surface area contributed by atoms with Gasteiger partial charge in [0.15, 0.2) is 11.6 Å². The highest BCUT2D eigenvalue weighted by atomic mass is 16.4. The van der Waals surface area contributed by atoms with Gasteiger partial charge in [0.1, 0.15) is 12.4 Å². The lowest BCUT2D eigenvalue weighted by Crippen LogP contribution is -2.27. The van der Waals surface area contributed by atoms with Gasteiger partial charge in [0.2, 0.25) is 0 Å².